The van der Waals surface area contributed by atoms with E-state index in [4.69, 9.17) is 4.74 Å². The smallest absolute Gasteiger partial charge is 0.248 e. The number of amides is 1. The summed E-state index contributed by atoms with van der Waals surface area (Å²) in [6.07, 6.45) is 10.3. The molecule has 7 nitrogen and oxygen atoms in total. The third kappa shape index (κ3) is 5.07. The molecule has 3 aromatic rings. The number of benzene rings is 1. The van der Waals surface area contributed by atoms with Crippen molar-refractivity contribution in [3.05, 3.63) is 66.8 Å². The van der Waals surface area contributed by atoms with Gasteiger partial charge in [0.2, 0.25) is 5.91 Å². The van der Waals surface area contributed by atoms with Crippen LogP contribution in [0.3, 0.4) is 0 Å². The molecular formula is C18H19N5O2. The van der Waals surface area contributed by atoms with Crippen LogP contribution in [-0.2, 0) is 18.4 Å². The zero-order chi connectivity index (χ0) is 17.5. The summed E-state index contributed by atoms with van der Waals surface area (Å²) in [5.41, 5.74) is 1.55. The van der Waals surface area contributed by atoms with Gasteiger partial charge in [-0.25, -0.2) is 0 Å². The average Bonchev–Trinajstić information content (AvgIpc) is 3.25. The number of hydrogen-bond donors (Lipinski definition) is 1. The molecule has 0 fully saturated rings. The van der Waals surface area contributed by atoms with E-state index in [1.807, 2.05) is 43.7 Å². The van der Waals surface area contributed by atoms with Gasteiger partial charge in [-0.1, -0.05) is 6.07 Å². The van der Waals surface area contributed by atoms with Crippen LogP contribution < -0.4 is 10.1 Å². The Kier molecular flexibility index (Phi) is 5.26. The lowest BCUT2D eigenvalue weighted by Crippen LogP contribution is -2.09. The van der Waals surface area contributed by atoms with Crippen molar-refractivity contribution in [1.29, 1.82) is 0 Å². The summed E-state index contributed by atoms with van der Waals surface area (Å²) in [5, 5.41) is 11.0. The Labute approximate surface area is 145 Å². The largest absolute Gasteiger partial charge is 0.492 e. The Morgan fingerprint density at radius 1 is 1.32 bits per heavy atom. The first kappa shape index (κ1) is 16.5. The first-order valence-corrected chi connectivity index (χ1v) is 7.87. The van der Waals surface area contributed by atoms with Gasteiger partial charge in [0.25, 0.3) is 0 Å². The zero-order valence-corrected chi connectivity index (χ0v) is 13.9. The number of rotatable bonds is 7. The fraction of sp³-hybridized carbons (Fsp3) is 0.167. The van der Waals surface area contributed by atoms with Crippen molar-refractivity contribution < 1.29 is 9.53 Å². The van der Waals surface area contributed by atoms with E-state index >= 15 is 0 Å². The van der Waals surface area contributed by atoms with Crippen LogP contribution in [0, 0.1) is 0 Å². The molecule has 0 saturated carbocycles. The molecule has 1 amide bonds. The fourth-order valence-electron chi connectivity index (χ4n) is 2.24. The van der Waals surface area contributed by atoms with Crippen LogP contribution in [0.1, 0.15) is 5.56 Å². The molecule has 0 bridgehead atoms. The third-order valence-electron chi connectivity index (χ3n) is 3.40. The predicted octanol–water partition coefficient (Wildman–Crippen LogP) is 2.35. The van der Waals surface area contributed by atoms with Gasteiger partial charge in [-0.15, -0.1) is 0 Å². The second kappa shape index (κ2) is 7.96. The van der Waals surface area contributed by atoms with Crippen molar-refractivity contribution in [2.45, 2.75) is 6.54 Å². The van der Waals surface area contributed by atoms with E-state index in [0.717, 1.165) is 5.56 Å². The van der Waals surface area contributed by atoms with Crippen molar-refractivity contribution in [3.8, 4) is 5.75 Å². The summed E-state index contributed by atoms with van der Waals surface area (Å²) in [6, 6.07) is 9.16. The number of carbonyl (C=O) groups is 1. The lowest BCUT2D eigenvalue weighted by atomic mass is 10.3. The van der Waals surface area contributed by atoms with Gasteiger partial charge in [-0.3, -0.25) is 14.2 Å². The van der Waals surface area contributed by atoms with E-state index in [1.165, 1.54) is 6.08 Å². The number of aryl methyl sites for hydroxylation is 1. The zero-order valence-electron chi connectivity index (χ0n) is 13.9. The van der Waals surface area contributed by atoms with Crippen LogP contribution in [0.4, 0.5) is 5.69 Å². The summed E-state index contributed by atoms with van der Waals surface area (Å²) in [6.45, 7) is 1.16. The van der Waals surface area contributed by atoms with Gasteiger partial charge in [0.05, 0.1) is 12.7 Å². The number of nitrogens with one attached hydrogen (secondary N) is 1. The highest BCUT2D eigenvalue weighted by Crippen LogP contribution is 2.17. The molecule has 2 heterocycles. The maximum absolute atomic E-state index is 12.0. The molecule has 0 aliphatic rings. The monoisotopic (exact) mass is 337 g/mol. The van der Waals surface area contributed by atoms with Crippen LogP contribution in [0.15, 0.2) is 61.2 Å². The maximum atomic E-state index is 12.0. The third-order valence-corrected chi connectivity index (χ3v) is 3.40. The predicted molar refractivity (Wildman–Crippen MR) is 95.0 cm³/mol. The van der Waals surface area contributed by atoms with Gasteiger partial charge in [-0.05, 0) is 24.3 Å². The Hall–Kier alpha value is -3.35. The summed E-state index contributed by atoms with van der Waals surface area (Å²) >= 11 is 0. The van der Waals surface area contributed by atoms with Gasteiger partial charge in [0.1, 0.15) is 12.4 Å². The minimum absolute atomic E-state index is 0.211. The van der Waals surface area contributed by atoms with E-state index in [2.05, 4.69) is 15.5 Å². The summed E-state index contributed by atoms with van der Waals surface area (Å²) in [4.78, 5) is 12.0. The minimum Gasteiger partial charge on any atom is -0.492 e. The van der Waals surface area contributed by atoms with Gasteiger partial charge in [0.15, 0.2) is 0 Å². The summed E-state index contributed by atoms with van der Waals surface area (Å²) in [7, 11) is 1.83. The molecule has 7 heteroatoms. The highest BCUT2D eigenvalue weighted by atomic mass is 16.5. The minimum atomic E-state index is -0.211. The molecule has 0 radical (unpaired) electrons. The van der Waals surface area contributed by atoms with Crippen LogP contribution >= 0.6 is 0 Å². The van der Waals surface area contributed by atoms with Gasteiger partial charge < -0.3 is 10.1 Å². The van der Waals surface area contributed by atoms with E-state index < -0.39 is 0 Å². The molecule has 0 aliphatic carbocycles. The molecule has 1 N–H and O–H groups in total. The van der Waals surface area contributed by atoms with Crippen LogP contribution in [0.2, 0.25) is 0 Å². The van der Waals surface area contributed by atoms with Crippen molar-refractivity contribution in [1.82, 2.24) is 19.6 Å². The van der Waals surface area contributed by atoms with Gasteiger partial charge in [0, 0.05) is 49.0 Å². The van der Waals surface area contributed by atoms with Crippen LogP contribution in [-0.4, -0.2) is 32.1 Å². The maximum Gasteiger partial charge on any atom is 0.248 e. The van der Waals surface area contributed by atoms with E-state index in [-0.39, 0.29) is 5.91 Å². The Morgan fingerprint density at radius 3 is 3.00 bits per heavy atom. The molecule has 25 heavy (non-hydrogen) atoms. The Morgan fingerprint density at radius 2 is 2.24 bits per heavy atom. The van der Waals surface area contributed by atoms with Gasteiger partial charge >= 0.3 is 0 Å². The fourth-order valence-corrected chi connectivity index (χ4v) is 2.24. The standard InChI is InChI=1S/C18H19N5O2/c1-22-14-15(13-20-22)6-7-18(24)21-16-4-2-5-17(12-16)25-11-10-23-9-3-8-19-23/h2-9,12-14H,10-11H2,1H3,(H,21,24)/b7-6-. The van der Waals surface area contributed by atoms with Crippen LogP contribution in [0.5, 0.6) is 5.75 Å². The second-order valence-electron chi connectivity index (χ2n) is 5.42. The van der Waals surface area contributed by atoms with E-state index in [0.29, 0.717) is 24.6 Å². The van der Waals surface area contributed by atoms with Crippen molar-refractivity contribution in [2.24, 2.45) is 7.05 Å². The van der Waals surface area contributed by atoms with Crippen molar-refractivity contribution >= 4 is 17.7 Å². The molecular weight excluding hydrogens is 318 g/mol. The second-order valence-corrected chi connectivity index (χ2v) is 5.42. The molecule has 1 aromatic carbocycles. The molecule has 0 aliphatic heterocycles. The number of aromatic nitrogens is 4. The molecule has 0 atom stereocenters. The summed E-state index contributed by atoms with van der Waals surface area (Å²) < 4.78 is 9.18. The normalized spacial score (nSPS) is 10.9. The average molecular weight is 337 g/mol. The Bertz CT molecular complexity index is 852. The molecule has 0 saturated heterocycles. The van der Waals surface area contributed by atoms with Gasteiger partial charge in [-0.2, -0.15) is 10.2 Å². The SMILES string of the molecule is Cn1cc(/C=C\C(=O)Nc2cccc(OCCn3cccn3)c2)cn1. The van der Waals surface area contributed by atoms with Crippen molar-refractivity contribution in [2.75, 3.05) is 11.9 Å². The number of carbonyl (C=O) groups excluding carboxylic acids is 1. The number of hydrogen-bond acceptors (Lipinski definition) is 4. The highest BCUT2D eigenvalue weighted by Gasteiger charge is 2.01. The molecule has 0 spiro atoms. The molecule has 0 unspecified atom stereocenters. The van der Waals surface area contributed by atoms with E-state index in [1.54, 1.807) is 33.9 Å². The lowest BCUT2D eigenvalue weighted by molar-refractivity contribution is -0.111. The topological polar surface area (TPSA) is 74.0 Å². The molecule has 3 rings (SSSR count). The number of nitrogens with zero attached hydrogens (tertiary/aromatic N) is 4. The number of anilines is 1. The highest BCUT2D eigenvalue weighted by molar-refractivity contribution is 6.01. The first-order chi connectivity index (χ1) is 12.2. The molecule has 2 aromatic heterocycles. The van der Waals surface area contributed by atoms with E-state index in [9.17, 15) is 4.79 Å². The quantitative estimate of drug-likeness (QED) is 0.672. The number of ether oxygens (including phenoxy) is 1. The van der Waals surface area contributed by atoms with Crippen molar-refractivity contribution in [3.63, 3.8) is 0 Å². The van der Waals surface area contributed by atoms with Crippen LogP contribution in [0.25, 0.3) is 6.08 Å². The first-order valence-electron chi connectivity index (χ1n) is 7.87. The lowest BCUT2D eigenvalue weighted by Gasteiger charge is -2.08. The summed E-state index contributed by atoms with van der Waals surface area (Å²) in [5.74, 6) is 0.485. The molecule has 128 valence electrons. The Balaban J connectivity index is 1.52.